The number of carbonyl (C=O) groups excluding carboxylic acids is 2. The number of ether oxygens (including phenoxy) is 1. The van der Waals surface area contributed by atoms with Crippen LogP contribution in [0, 0.1) is 6.92 Å². The molecule has 0 aliphatic carbocycles. The second kappa shape index (κ2) is 10.3. The van der Waals surface area contributed by atoms with Gasteiger partial charge in [-0.15, -0.1) is 4.40 Å². The van der Waals surface area contributed by atoms with Crippen LogP contribution in [0.3, 0.4) is 0 Å². The van der Waals surface area contributed by atoms with E-state index in [0.29, 0.717) is 17.1 Å². The summed E-state index contributed by atoms with van der Waals surface area (Å²) in [4.78, 5) is 27.3. The van der Waals surface area contributed by atoms with Gasteiger partial charge in [0.05, 0.1) is 17.7 Å². The van der Waals surface area contributed by atoms with Crippen LogP contribution in [-0.2, 0) is 19.6 Å². The zero-order valence-corrected chi connectivity index (χ0v) is 20.7. The molecule has 1 atom stereocenters. The van der Waals surface area contributed by atoms with Gasteiger partial charge in [-0.3, -0.25) is 14.5 Å². The summed E-state index contributed by atoms with van der Waals surface area (Å²) in [5.41, 5.74) is 1.91. The van der Waals surface area contributed by atoms with Crippen molar-refractivity contribution in [3.63, 3.8) is 0 Å². The van der Waals surface area contributed by atoms with Gasteiger partial charge in [0.15, 0.2) is 5.17 Å². The van der Waals surface area contributed by atoms with E-state index in [1.54, 1.807) is 66.7 Å². The molecule has 1 aliphatic heterocycles. The maximum absolute atomic E-state index is 13.3. The normalized spacial score (nSPS) is 17.0. The molecule has 35 heavy (non-hydrogen) atoms. The Hall–Kier alpha value is -3.63. The summed E-state index contributed by atoms with van der Waals surface area (Å²) in [6.07, 6.45) is -0.159. The van der Waals surface area contributed by atoms with E-state index >= 15 is 0 Å². The summed E-state index contributed by atoms with van der Waals surface area (Å²) in [5, 5.41) is 1.91. The lowest BCUT2D eigenvalue weighted by molar-refractivity contribution is -0.121. The van der Waals surface area contributed by atoms with Crippen LogP contribution in [0.1, 0.15) is 12.0 Å². The monoisotopic (exact) mass is 509 g/mol. The lowest BCUT2D eigenvalue weighted by Gasteiger charge is -2.16. The molecule has 0 bridgehead atoms. The molecule has 0 spiro atoms. The van der Waals surface area contributed by atoms with Crippen LogP contribution in [-0.4, -0.2) is 37.8 Å². The van der Waals surface area contributed by atoms with Crippen molar-refractivity contribution in [1.29, 1.82) is 0 Å². The molecule has 1 heterocycles. The fourth-order valence-electron chi connectivity index (χ4n) is 3.42. The van der Waals surface area contributed by atoms with Gasteiger partial charge in [-0.25, -0.2) is 0 Å². The first-order valence-electron chi connectivity index (χ1n) is 10.7. The number of sulfonamides is 1. The number of aryl methyl sites for hydroxylation is 1. The zero-order valence-electron chi connectivity index (χ0n) is 19.0. The van der Waals surface area contributed by atoms with Crippen LogP contribution in [0.2, 0.25) is 0 Å². The number of nitrogens with one attached hydrogen (secondary N) is 1. The van der Waals surface area contributed by atoms with Crippen molar-refractivity contribution in [2.45, 2.75) is 23.5 Å². The van der Waals surface area contributed by atoms with Gasteiger partial charge in [-0.2, -0.15) is 8.42 Å². The number of amides is 2. The summed E-state index contributed by atoms with van der Waals surface area (Å²) in [6, 6.07) is 21.8. The number of thioether (sulfide) groups is 1. The van der Waals surface area contributed by atoms with E-state index in [9.17, 15) is 18.0 Å². The second-order valence-electron chi connectivity index (χ2n) is 7.76. The number of methoxy groups -OCH3 is 1. The third-order valence-corrected chi connectivity index (χ3v) is 7.72. The summed E-state index contributed by atoms with van der Waals surface area (Å²) >= 11 is 0.955. The summed E-state index contributed by atoms with van der Waals surface area (Å²) < 4.78 is 35.1. The molecule has 10 heteroatoms. The van der Waals surface area contributed by atoms with Gasteiger partial charge >= 0.3 is 0 Å². The minimum absolute atomic E-state index is 0.000885. The van der Waals surface area contributed by atoms with Crippen LogP contribution in [0.5, 0.6) is 5.75 Å². The first-order valence-corrected chi connectivity index (χ1v) is 13.0. The predicted molar refractivity (Wildman–Crippen MR) is 137 cm³/mol. The first kappa shape index (κ1) is 24.5. The van der Waals surface area contributed by atoms with Gasteiger partial charge in [-0.1, -0.05) is 53.7 Å². The number of nitrogens with zero attached hydrogens (tertiary/aromatic N) is 2. The lowest BCUT2D eigenvalue weighted by Crippen LogP contribution is -2.33. The molecular formula is C25H23N3O5S2. The molecule has 1 aliphatic rings. The number of para-hydroxylation sites is 1. The molecule has 1 N–H and O–H groups in total. The lowest BCUT2D eigenvalue weighted by atomic mass is 10.2. The quantitative estimate of drug-likeness (QED) is 0.511. The highest BCUT2D eigenvalue weighted by molar-refractivity contribution is 8.16. The maximum atomic E-state index is 13.3. The van der Waals surface area contributed by atoms with E-state index in [4.69, 9.17) is 4.74 Å². The van der Waals surface area contributed by atoms with Crippen LogP contribution < -0.4 is 15.0 Å². The minimum Gasteiger partial charge on any atom is -0.497 e. The largest absolute Gasteiger partial charge is 0.497 e. The van der Waals surface area contributed by atoms with Crippen LogP contribution in [0.15, 0.2) is 88.2 Å². The fraction of sp³-hybridized carbons (Fsp3) is 0.160. The van der Waals surface area contributed by atoms with E-state index in [2.05, 4.69) is 9.71 Å². The van der Waals surface area contributed by atoms with Crippen molar-refractivity contribution in [2.75, 3.05) is 17.3 Å². The van der Waals surface area contributed by atoms with E-state index in [1.807, 2.05) is 6.92 Å². The fourth-order valence-corrected chi connectivity index (χ4v) is 5.76. The van der Waals surface area contributed by atoms with Gasteiger partial charge in [0.25, 0.3) is 10.0 Å². The Morgan fingerprint density at radius 1 is 1.06 bits per heavy atom. The summed E-state index contributed by atoms with van der Waals surface area (Å²) in [5.74, 6) is -0.222. The molecule has 0 aromatic heterocycles. The standard InChI is InChI=1S/C25H23N3O5S2/c1-17-11-13-21(14-12-17)35(31,32)27-25-28(19-8-4-3-5-9-19)24(30)22(34-25)16-23(29)26-18-7-6-10-20(15-18)33-2/h3-15,22H,16H2,1-2H3,(H,26,29)/t22-/m0/s1. The van der Waals surface area contributed by atoms with Crippen LogP contribution >= 0.6 is 11.8 Å². The third kappa shape index (κ3) is 5.72. The molecule has 3 aromatic carbocycles. The number of carbonyl (C=O) groups is 2. The molecule has 0 saturated carbocycles. The highest BCUT2D eigenvalue weighted by atomic mass is 32.2. The molecule has 1 fully saturated rings. The average molecular weight is 510 g/mol. The Morgan fingerprint density at radius 3 is 2.46 bits per heavy atom. The van der Waals surface area contributed by atoms with E-state index in [-0.39, 0.29) is 22.4 Å². The molecule has 180 valence electrons. The first-order chi connectivity index (χ1) is 16.8. The number of benzene rings is 3. The SMILES string of the molecule is COc1cccc(NC(=O)C[C@@H]2SC(=NS(=O)(=O)c3ccc(C)cc3)N(c3ccccc3)C2=O)c1. The molecular weight excluding hydrogens is 486 g/mol. The molecule has 1 saturated heterocycles. The summed E-state index contributed by atoms with van der Waals surface area (Å²) in [7, 11) is -2.55. The topological polar surface area (TPSA) is 105 Å². The van der Waals surface area contributed by atoms with E-state index < -0.39 is 21.2 Å². The van der Waals surface area contributed by atoms with Crippen molar-refractivity contribution < 1.29 is 22.7 Å². The number of hydrogen-bond acceptors (Lipinski definition) is 6. The van der Waals surface area contributed by atoms with Crippen LogP contribution in [0.4, 0.5) is 11.4 Å². The van der Waals surface area contributed by atoms with Gasteiger partial charge in [0.2, 0.25) is 11.8 Å². The van der Waals surface area contributed by atoms with Gasteiger partial charge in [0, 0.05) is 18.2 Å². The molecule has 0 radical (unpaired) electrons. The van der Waals surface area contributed by atoms with Crippen molar-refractivity contribution >= 4 is 50.1 Å². The maximum Gasteiger partial charge on any atom is 0.284 e. The Morgan fingerprint density at radius 2 is 1.77 bits per heavy atom. The second-order valence-corrected chi connectivity index (χ2v) is 10.5. The van der Waals surface area contributed by atoms with Crippen molar-refractivity contribution in [3.05, 3.63) is 84.4 Å². The Bertz CT molecular complexity index is 1370. The van der Waals surface area contributed by atoms with Gasteiger partial charge in [0.1, 0.15) is 11.0 Å². The van der Waals surface area contributed by atoms with Gasteiger partial charge in [-0.05, 0) is 43.3 Å². The van der Waals surface area contributed by atoms with E-state index in [0.717, 1.165) is 17.3 Å². The number of anilines is 2. The number of amidine groups is 1. The highest BCUT2D eigenvalue weighted by Gasteiger charge is 2.41. The molecule has 3 aromatic rings. The molecule has 4 rings (SSSR count). The Balaban J connectivity index is 1.61. The van der Waals surface area contributed by atoms with E-state index in [1.165, 1.54) is 24.1 Å². The third-order valence-electron chi connectivity index (χ3n) is 5.19. The Labute approximate surface area is 208 Å². The number of rotatable bonds is 7. The average Bonchev–Trinajstić information content (AvgIpc) is 3.13. The van der Waals surface area contributed by atoms with Gasteiger partial charge < -0.3 is 10.1 Å². The highest BCUT2D eigenvalue weighted by Crippen LogP contribution is 2.35. The van der Waals surface area contributed by atoms with Crippen molar-refractivity contribution in [1.82, 2.24) is 0 Å². The summed E-state index contributed by atoms with van der Waals surface area (Å²) in [6.45, 7) is 1.85. The Kier molecular flexibility index (Phi) is 7.23. The van der Waals surface area contributed by atoms with Crippen molar-refractivity contribution in [2.24, 2.45) is 4.40 Å². The van der Waals surface area contributed by atoms with Crippen molar-refractivity contribution in [3.8, 4) is 5.75 Å². The smallest absolute Gasteiger partial charge is 0.284 e. The van der Waals surface area contributed by atoms with Crippen LogP contribution in [0.25, 0.3) is 0 Å². The molecule has 0 unspecified atom stereocenters. The predicted octanol–water partition coefficient (Wildman–Crippen LogP) is 4.23. The molecule has 8 nitrogen and oxygen atoms in total. The minimum atomic E-state index is -4.07. The number of hydrogen-bond donors (Lipinski definition) is 1. The molecule has 2 amide bonds. The zero-order chi connectivity index (χ0) is 25.0.